The van der Waals surface area contributed by atoms with E-state index in [4.69, 9.17) is 0 Å². The van der Waals surface area contributed by atoms with Gasteiger partial charge in [-0.3, -0.25) is 0 Å². The van der Waals surface area contributed by atoms with Gasteiger partial charge in [0, 0.05) is 11.6 Å². The number of nitrogens with zero attached hydrogens (tertiary/aromatic N) is 2. The molecule has 0 amide bonds. The Morgan fingerprint density at radius 1 is 1.22 bits per heavy atom. The van der Waals surface area contributed by atoms with E-state index >= 15 is 0 Å². The Morgan fingerprint density at radius 2 is 1.94 bits per heavy atom. The first-order chi connectivity index (χ1) is 8.52. The number of nitrogens with one attached hydrogen (secondary N) is 1. The highest BCUT2D eigenvalue weighted by Gasteiger charge is 2.15. The van der Waals surface area contributed by atoms with Crippen LogP contribution in [0.1, 0.15) is 23.5 Å². The van der Waals surface area contributed by atoms with E-state index in [9.17, 15) is 8.78 Å². The summed E-state index contributed by atoms with van der Waals surface area (Å²) in [5.41, 5.74) is 0.686. The van der Waals surface area contributed by atoms with Gasteiger partial charge >= 0.3 is 0 Å². The lowest BCUT2D eigenvalue weighted by molar-refractivity contribution is 0.579. The minimum absolute atomic E-state index is 0.0563. The Kier molecular flexibility index (Phi) is 3.68. The van der Waals surface area contributed by atoms with Crippen molar-refractivity contribution in [2.24, 2.45) is 0 Å². The maximum atomic E-state index is 13.7. The zero-order valence-corrected chi connectivity index (χ0v) is 11.1. The molecule has 1 atom stereocenters. The van der Waals surface area contributed by atoms with Crippen LogP contribution in [-0.2, 0) is 0 Å². The fourth-order valence-corrected chi connectivity index (χ4v) is 2.39. The molecule has 0 spiro atoms. The normalized spacial score (nSPS) is 12.7. The lowest BCUT2D eigenvalue weighted by atomic mass is 10.1. The summed E-state index contributed by atoms with van der Waals surface area (Å²) in [6, 6.07) is 2.40. The van der Waals surface area contributed by atoms with Crippen LogP contribution < -0.4 is 5.32 Å². The van der Waals surface area contributed by atoms with Gasteiger partial charge in [0.1, 0.15) is 16.6 Å². The van der Waals surface area contributed by atoms with Crippen molar-refractivity contribution in [1.29, 1.82) is 0 Å². The molecule has 0 saturated heterocycles. The first-order valence-corrected chi connectivity index (χ1v) is 6.31. The maximum Gasteiger partial charge on any atom is 0.150 e. The minimum Gasteiger partial charge on any atom is -0.311 e. The van der Waals surface area contributed by atoms with Gasteiger partial charge in [-0.05, 0) is 32.5 Å². The largest absolute Gasteiger partial charge is 0.311 e. The average molecular weight is 269 g/mol. The second kappa shape index (κ2) is 5.07. The monoisotopic (exact) mass is 269 g/mol. The van der Waals surface area contributed by atoms with Crippen molar-refractivity contribution < 1.29 is 8.78 Å². The van der Waals surface area contributed by atoms with E-state index in [0.29, 0.717) is 16.1 Å². The van der Waals surface area contributed by atoms with Gasteiger partial charge in [0.25, 0.3) is 0 Å². The topological polar surface area (TPSA) is 37.8 Å². The molecule has 3 nitrogen and oxygen atoms in total. The van der Waals surface area contributed by atoms with Crippen molar-refractivity contribution in [3.05, 3.63) is 34.3 Å². The smallest absolute Gasteiger partial charge is 0.150 e. The van der Waals surface area contributed by atoms with Crippen LogP contribution in [0.3, 0.4) is 0 Å². The van der Waals surface area contributed by atoms with Gasteiger partial charge in [0.2, 0.25) is 0 Å². The molecule has 1 unspecified atom stereocenters. The molecular weight excluding hydrogens is 256 g/mol. The third-order valence-corrected chi connectivity index (χ3v) is 3.86. The summed E-state index contributed by atoms with van der Waals surface area (Å²) in [6.45, 7) is 3.53. The van der Waals surface area contributed by atoms with E-state index in [1.54, 1.807) is 6.92 Å². The predicted octanol–water partition coefficient (Wildman–Crippen LogP) is 3.07. The fourth-order valence-electron chi connectivity index (χ4n) is 1.46. The maximum absolute atomic E-state index is 13.7. The number of halogens is 2. The highest BCUT2D eigenvalue weighted by atomic mass is 32.1. The molecule has 0 aliphatic heterocycles. The zero-order valence-electron chi connectivity index (χ0n) is 10.3. The van der Waals surface area contributed by atoms with Gasteiger partial charge < -0.3 is 5.32 Å². The first kappa shape index (κ1) is 13.0. The SMILES string of the molecule is CNC(C)c1nnc(-c2cc(C)c(F)cc2F)s1. The van der Waals surface area contributed by atoms with Crippen molar-refractivity contribution in [3.63, 3.8) is 0 Å². The van der Waals surface area contributed by atoms with Crippen LogP contribution in [0.15, 0.2) is 12.1 Å². The fraction of sp³-hybridized carbons (Fsp3) is 0.333. The molecule has 1 aromatic heterocycles. The van der Waals surface area contributed by atoms with Gasteiger partial charge in [0.05, 0.1) is 6.04 Å². The molecule has 0 bridgehead atoms. The Balaban J connectivity index is 2.43. The van der Waals surface area contributed by atoms with Crippen LogP contribution in [0.4, 0.5) is 8.78 Å². The Labute approximate surface area is 108 Å². The van der Waals surface area contributed by atoms with Crippen LogP contribution in [-0.4, -0.2) is 17.2 Å². The second-order valence-corrected chi connectivity index (χ2v) is 5.05. The Morgan fingerprint density at radius 3 is 2.61 bits per heavy atom. The van der Waals surface area contributed by atoms with Crippen molar-refractivity contribution >= 4 is 11.3 Å². The third-order valence-electron chi connectivity index (χ3n) is 2.72. The van der Waals surface area contributed by atoms with Crippen LogP contribution in [0.2, 0.25) is 0 Å². The van der Waals surface area contributed by atoms with E-state index < -0.39 is 11.6 Å². The van der Waals surface area contributed by atoms with Gasteiger partial charge in [-0.25, -0.2) is 8.78 Å². The summed E-state index contributed by atoms with van der Waals surface area (Å²) in [5.74, 6) is -1.16. The highest BCUT2D eigenvalue weighted by molar-refractivity contribution is 7.14. The van der Waals surface area contributed by atoms with Crippen molar-refractivity contribution in [1.82, 2.24) is 15.5 Å². The van der Waals surface area contributed by atoms with E-state index in [2.05, 4.69) is 15.5 Å². The van der Waals surface area contributed by atoms with E-state index in [0.717, 1.165) is 11.1 Å². The lowest BCUT2D eigenvalue weighted by Gasteiger charge is -2.03. The molecule has 0 aliphatic rings. The number of aromatic nitrogens is 2. The molecule has 2 rings (SSSR count). The van der Waals surface area contributed by atoms with Crippen LogP contribution in [0, 0.1) is 18.6 Å². The lowest BCUT2D eigenvalue weighted by Crippen LogP contribution is -2.11. The molecule has 1 heterocycles. The molecule has 0 aliphatic carbocycles. The number of aryl methyl sites for hydroxylation is 1. The van der Waals surface area contributed by atoms with Gasteiger partial charge in [-0.2, -0.15) is 0 Å². The Hall–Kier alpha value is -1.40. The molecule has 96 valence electrons. The summed E-state index contributed by atoms with van der Waals surface area (Å²) in [4.78, 5) is 0. The number of hydrogen-bond acceptors (Lipinski definition) is 4. The molecule has 6 heteroatoms. The summed E-state index contributed by atoms with van der Waals surface area (Å²) in [6.07, 6.45) is 0. The van der Waals surface area contributed by atoms with Crippen LogP contribution in [0.5, 0.6) is 0 Å². The summed E-state index contributed by atoms with van der Waals surface area (Å²) in [5, 5.41) is 12.2. The summed E-state index contributed by atoms with van der Waals surface area (Å²) in [7, 11) is 1.81. The quantitative estimate of drug-likeness (QED) is 0.930. The first-order valence-electron chi connectivity index (χ1n) is 5.49. The van der Waals surface area contributed by atoms with Crippen molar-refractivity contribution in [2.75, 3.05) is 7.05 Å². The number of rotatable bonds is 3. The predicted molar refractivity (Wildman–Crippen MR) is 67.5 cm³/mol. The molecule has 2 aromatic rings. The van der Waals surface area contributed by atoms with Crippen molar-refractivity contribution in [3.8, 4) is 10.6 Å². The van der Waals surface area contributed by atoms with E-state index in [1.807, 2.05) is 14.0 Å². The van der Waals surface area contributed by atoms with Crippen molar-refractivity contribution in [2.45, 2.75) is 19.9 Å². The summed E-state index contributed by atoms with van der Waals surface area (Å²) < 4.78 is 26.9. The summed E-state index contributed by atoms with van der Waals surface area (Å²) >= 11 is 1.30. The second-order valence-electron chi connectivity index (χ2n) is 4.04. The molecule has 1 N–H and O–H groups in total. The molecule has 0 fully saturated rings. The van der Waals surface area contributed by atoms with E-state index in [-0.39, 0.29) is 6.04 Å². The van der Waals surface area contributed by atoms with Gasteiger partial charge in [-0.1, -0.05) is 11.3 Å². The minimum atomic E-state index is -0.613. The Bertz CT molecular complexity index is 568. The molecule has 0 radical (unpaired) electrons. The van der Waals surface area contributed by atoms with Crippen LogP contribution >= 0.6 is 11.3 Å². The molecule has 18 heavy (non-hydrogen) atoms. The van der Waals surface area contributed by atoms with E-state index in [1.165, 1.54) is 17.4 Å². The molecular formula is C12H13F2N3S. The highest BCUT2D eigenvalue weighted by Crippen LogP contribution is 2.30. The van der Waals surface area contributed by atoms with Crippen LogP contribution in [0.25, 0.3) is 10.6 Å². The number of benzene rings is 1. The molecule has 0 saturated carbocycles. The van der Waals surface area contributed by atoms with Gasteiger partial charge in [0.15, 0.2) is 5.01 Å². The number of hydrogen-bond donors (Lipinski definition) is 1. The standard InChI is InChI=1S/C12H13F2N3S/c1-6-4-8(10(14)5-9(6)13)12-17-16-11(18-12)7(2)15-3/h4-5,7,15H,1-3H3. The zero-order chi connectivity index (χ0) is 13.3. The molecule has 1 aromatic carbocycles. The average Bonchev–Trinajstić information content (AvgIpc) is 2.82. The third kappa shape index (κ3) is 2.39. The van der Waals surface area contributed by atoms with Gasteiger partial charge in [-0.15, -0.1) is 10.2 Å².